The fourth-order valence-corrected chi connectivity index (χ4v) is 5.04. The molecule has 0 saturated heterocycles. The second kappa shape index (κ2) is 9.99. The molecule has 2 aromatic rings. The minimum absolute atomic E-state index is 0.200. The number of carbonyl (C=O) groups is 2. The van der Waals surface area contributed by atoms with Gasteiger partial charge < -0.3 is 15.5 Å². The van der Waals surface area contributed by atoms with Crippen molar-refractivity contribution >= 4 is 39.3 Å². The molecule has 2 unspecified atom stereocenters. The molecule has 9 heteroatoms. The lowest BCUT2D eigenvalue weighted by Crippen LogP contribution is -2.55. The van der Waals surface area contributed by atoms with Gasteiger partial charge in [-0.1, -0.05) is 36.9 Å². The summed E-state index contributed by atoms with van der Waals surface area (Å²) in [5, 5.41) is 5.59. The number of para-hydroxylation sites is 2. The van der Waals surface area contributed by atoms with Crippen molar-refractivity contribution in [3.63, 3.8) is 0 Å². The third-order valence-corrected chi connectivity index (χ3v) is 7.37. The zero-order valence-corrected chi connectivity index (χ0v) is 21.1. The van der Waals surface area contributed by atoms with E-state index in [2.05, 4.69) is 17.2 Å². The van der Waals surface area contributed by atoms with Crippen LogP contribution in [0.4, 0.5) is 11.4 Å². The number of sulfonamides is 1. The highest BCUT2D eigenvalue weighted by atomic mass is 32.2. The van der Waals surface area contributed by atoms with Crippen molar-refractivity contribution in [2.45, 2.75) is 39.4 Å². The van der Waals surface area contributed by atoms with E-state index in [9.17, 15) is 18.0 Å². The Kier molecular flexibility index (Phi) is 7.48. The lowest BCUT2D eigenvalue weighted by Gasteiger charge is -2.28. The summed E-state index contributed by atoms with van der Waals surface area (Å²) in [6, 6.07) is 9.27. The standard InChI is InChI=1S/C25H32N4O4S/c1-7-19-16(2)12-13-17(3)20(19)14-28-22-10-8-9-11-23(22)29(34(6,32)33)15-21(25(28)31)27-24(30)18(4)26-5/h7-13,18,21,26H,1,14-15H2,2-6H3,(H,27,30). The number of nitrogens with one attached hydrogen (secondary N) is 2. The summed E-state index contributed by atoms with van der Waals surface area (Å²) in [5.41, 5.74) is 4.71. The van der Waals surface area contributed by atoms with Gasteiger partial charge in [-0.3, -0.25) is 13.9 Å². The zero-order valence-electron chi connectivity index (χ0n) is 20.3. The average molecular weight is 485 g/mol. The van der Waals surface area contributed by atoms with E-state index in [0.717, 1.165) is 28.5 Å². The predicted molar refractivity (Wildman–Crippen MR) is 136 cm³/mol. The average Bonchev–Trinajstić information content (AvgIpc) is 2.91. The fraction of sp³-hybridized carbons (Fsp3) is 0.360. The minimum atomic E-state index is -3.73. The predicted octanol–water partition coefficient (Wildman–Crippen LogP) is 2.35. The quantitative estimate of drug-likeness (QED) is 0.629. The Hall–Kier alpha value is -3.17. The van der Waals surface area contributed by atoms with Gasteiger partial charge >= 0.3 is 0 Å². The van der Waals surface area contributed by atoms with Crippen molar-refractivity contribution in [1.82, 2.24) is 10.6 Å². The second-order valence-electron chi connectivity index (χ2n) is 8.57. The van der Waals surface area contributed by atoms with Crippen LogP contribution in [0.2, 0.25) is 0 Å². The van der Waals surface area contributed by atoms with E-state index >= 15 is 0 Å². The first-order valence-electron chi connectivity index (χ1n) is 11.1. The second-order valence-corrected chi connectivity index (χ2v) is 10.5. The van der Waals surface area contributed by atoms with Gasteiger partial charge in [0.15, 0.2) is 0 Å². The lowest BCUT2D eigenvalue weighted by molar-refractivity contribution is -0.128. The summed E-state index contributed by atoms with van der Waals surface area (Å²) in [6.07, 6.45) is 2.86. The van der Waals surface area contributed by atoms with Gasteiger partial charge in [-0.25, -0.2) is 8.42 Å². The van der Waals surface area contributed by atoms with Crippen molar-refractivity contribution in [2.24, 2.45) is 0 Å². The van der Waals surface area contributed by atoms with Crippen LogP contribution in [0.3, 0.4) is 0 Å². The number of amides is 2. The van der Waals surface area contributed by atoms with Gasteiger partial charge in [-0.05, 0) is 62.2 Å². The van der Waals surface area contributed by atoms with Crippen LogP contribution in [0, 0.1) is 13.8 Å². The van der Waals surface area contributed by atoms with Crippen LogP contribution < -0.4 is 19.8 Å². The van der Waals surface area contributed by atoms with E-state index in [0.29, 0.717) is 11.4 Å². The maximum absolute atomic E-state index is 13.9. The molecule has 2 atom stereocenters. The maximum atomic E-state index is 13.9. The number of anilines is 2. The molecule has 0 aliphatic carbocycles. The van der Waals surface area contributed by atoms with E-state index in [1.165, 1.54) is 4.31 Å². The largest absolute Gasteiger partial charge is 0.341 e. The number of likely N-dealkylation sites (N-methyl/N-ethyl adjacent to an activating group) is 1. The van der Waals surface area contributed by atoms with E-state index in [4.69, 9.17) is 0 Å². The Morgan fingerprint density at radius 1 is 1.18 bits per heavy atom. The third kappa shape index (κ3) is 5.00. The first kappa shape index (κ1) is 25.5. The van der Waals surface area contributed by atoms with Crippen molar-refractivity contribution in [1.29, 1.82) is 0 Å². The van der Waals surface area contributed by atoms with Gasteiger partial charge in [0.2, 0.25) is 15.9 Å². The summed E-state index contributed by atoms with van der Waals surface area (Å²) in [7, 11) is -2.09. The van der Waals surface area contributed by atoms with E-state index in [1.54, 1.807) is 49.2 Å². The molecule has 2 N–H and O–H groups in total. The molecule has 8 nitrogen and oxygen atoms in total. The first-order chi connectivity index (χ1) is 16.0. The molecule has 182 valence electrons. The number of hydrogen-bond acceptors (Lipinski definition) is 5. The van der Waals surface area contributed by atoms with Gasteiger partial charge in [0.05, 0.1) is 36.8 Å². The number of fused-ring (bicyclic) bond motifs is 1. The molecular formula is C25H32N4O4S. The van der Waals surface area contributed by atoms with Crippen LogP contribution >= 0.6 is 0 Å². The van der Waals surface area contributed by atoms with Crippen molar-refractivity contribution in [3.8, 4) is 0 Å². The fourth-order valence-electron chi connectivity index (χ4n) is 4.11. The Labute approximate surface area is 201 Å². The number of nitrogens with zero attached hydrogens (tertiary/aromatic N) is 2. The maximum Gasteiger partial charge on any atom is 0.251 e. The molecule has 0 aromatic heterocycles. The molecule has 34 heavy (non-hydrogen) atoms. The molecule has 2 amide bonds. The summed E-state index contributed by atoms with van der Waals surface area (Å²) in [4.78, 5) is 28.1. The number of aryl methyl sites for hydroxylation is 2. The van der Waals surface area contributed by atoms with Crippen LogP contribution in [0.15, 0.2) is 43.0 Å². The summed E-state index contributed by atoms with van der Waals surface area (Å²) < 4.78 is 26.7. The van der Waals surface area contributed by atoms with Gasteiger partial charge in [0, 0.05) is 0 Å². The van der Waals surface area contributed by atoms with E-state index in [1.807, 2.05) is 26.0 Å². The van der Waals surface area contributed by atoms with E-state index < -0.39 is 28.0 Å². The molecule has 1 aliphatic heterocycles. The highest BCUT2D eigenvalue weighted by molar-refractivity contribution is 7.92. The summed E-state index contributed by atoms with van der Waals surface area (Å²) in [6.45, 7) is 9.56. The molecule has 0 fully saturated rings. The molecule has 1 heterocycles. The van der Waals surface area contributed by atoms with Gasteiger partial charge in [0.25, 0.3) is 5.91 Å². The molecule has 0 bridgehead atoms. The smallest absolute Gasteiger partial charge is 0.251 e. The molecule has 1 aliphatic rings. The number of benzene rings is 2. The Balaban J connectivity index is 2.18. The van der Waals surface area contributed by atoms with E-state index in [-0.39, 0.29) is 19.0 Å². The molecule has 0 spiro atoms. The SMILES string of the molecule is C=Cc1c(C)ccc(C)c1CN1C(=O)C(NC(=O)C(C)NC)CN(S(C)(=O)=O)c2ccccc21. The Morgan fingerprint density at radius 2 is 1.79 bits per heavy atom. The topological polar surface area (TPSA) is 98.8 Å². The molecular weight excluding hydrogens is 452 g/mol. The van der Waals surface area contributed by atoms with Crippen molar-refractivity contribution < 1.29 is 18.0 Å². The third-order valence-electron chi connectivity index (χ3n) is 6.23. The van der Waals surface area contributed by atoms with Crippen LogP contribution in [0.5, 0.6) is 0 Å². The first-order valence-corrected chi connectivity index (χ1v) is 12.9. The zero-order chi connectivity index (χ0) is 25.2. The van der Waals surface area contributed by atoms with Gasteiger partial charge in [-0.2, -0.15) is 0 Å². The highest BCUT2D eigenvalue weighted by Gasteiger charge is 2.38. The number of hydrogen-bond donors (Lipinski definition) is 2. The minimum Gasteiger partial charge on any atom is -0.341 e. The summed E-state index contributed by atoms with van der Waals surface area (Å²) >= 11 is 0. The molecule has 2 aromatic carbocycles. The van der Waals surface area contributed by atoms with Crippen LogP contribution in [0.25, 0.3) is 6.08 Å². The lowest BCUT2D eigenvalue weighted by atomic mass is 9.96. The summed E-state index contributed by atoms with van der Waals surface area (Å²) in [5.74, 6) is -0.773. The van der Waals surface area contributed by atoms with Crippen LogP contribution in [0.1, 0.15) is 29.2 Å². The Morgan fingerprint density at radius 3 is 2.38 bits per heavy atom. The number of carbonyl (C=O) groups excluding carboxylic acids is 2. The van der Waals surface area contributed by atoms with Crippen molar-refractivity contribution in [3.05, 3.63) is 65.2 Å². The van der Waals surface area contributed by atoms with Crippen LogP contribution in [-0.4, -0.2) is 52.2 Å². The normalized spacial score (nSPS) is 17.1. The Bertz CT molecular complexity index is 1230. The number of rotatable bonds is 7. The molecule has 3 rings (SSSR count). The van der Waals surface area contributed by atoms with Gasteiger partial charge in [0.1, 0.15) is 6.04 Å². The molecule has 0 saturated carbocycles. The van der Waals surface area contributed by atoms with Crippen LogP contribution in [-0.2, 0) is 26.2 Å². The molecule has 0 radical (unpaired) electrons. The van der Waals surface area contributed by atoms with Gasteiger partial charge in [-0.15, -0.1) is 0 Å². The highest BCUT2D eigenvalue weighted by Crippen LogP contribution is 2.36. The monoisotopic (exact) mass is 484 g/mol. The van der Waals surface area contributed by atoms with Crippen molar-refractivity contribution in [2.75, 3.05) is 29.1 Å².